The number of nitriles is 1. The van der Waals surface area contributed by atoms with E-state index in [9.17, 15) is 0 Å². The number of nitrogens with two attached hydrogens (primary N) is 1. The first-order valence-electron chi connectivity index (χ1n) is 5.40. The average Bonchev–Trinajstić information content (AvgIpc) is 2.28. The fraction of sp³-hybridized carbons (Fsp3) is 0.500. The van der Waals surface area contributed by atoms with Gasteiger partial charge >= 0.3 is 0 Å². The average molecular weight is 217 g/mol. The Labute approximate surface area is 95.0 Å². The molecule has 2 heterocycles. The van der Waals surface area contributed by atoms with Gasteiger partial charge in [0.25, 0.3) is 0 Å². The summed E-state index contributed by atoms with van der Waals surface area (Å²) in [6, 6.07) is 3.82. The van der Waals surface area contributed by atoms with Crippen LogP contribution in [0.2, 0.25) is 0 Å². The van der Waals surface area contributed by atoms with Crippen molar-refractivity contribution < 1.29 is 4.74 Å². The van der Waals surface area contributed by atoms with Crippen molar-refractivity contribution in [3.8, 4) is 6.07 Å². The molecule has 1 aromatic heterocycles. The minimum Gasteiger partial charge on any atom is -0.383 e. The maximum atomic E-state index is 8.86. The molecule has 0 spiro atoms. The molecule has 0 bridgehead atoms. The molecular weight excluding hydrogens is 202 g/mol. The standard InChI is InChI=1S/C12H15N3O/c1-3-12(2)5-10-9(7-16-12)4-8(6-13)11(14)15-10/h4H,3,5,7H2,1-2H3,(H2,14,15)/t12-/m0/s1. The minimum absolute atomic E-state index is 0.152. The Kier molecular flexibility index (Phi) is 2.56. The molecule has 0 fully saturated rings. The van der Waals surface area contributed by atoms with Crippen LogP contribution in [-0.4, -0.2) is 10.6 Å². The third-order valence-electron chi connectivity index (χ3n) is 3.21. The highest BCUT2D eigenvalue weighted by Gasteiger charge is 2.30. The first-order chi connectivity index (χ1) is 7.58. The van der Waals surface area contributed by atoms with Gasteiger partial charge in [0.15, 0.2) is 0 Å². The molecule has 0 amide bonds. The molecule has 0 radical (unpaired) electrons. The second-order valence-corrected chi connectivity index (χ2v) is 4.41. The normalized spacial score (nSPS) is 23.6. The summed E-state index contributed by atoms with van der Waals surface area (Å²) in [6.45, 7) is 4.69. The van der Waals surface area contributed by atoms with E-state index in [1.54, 1.807) is 6.07 Å². The number of nitrogen functional groups attached to an aromatic ring is 1. The lowest BCUT2D eigenvalue weighted by atomic mass is 9.91. The SMILES string of the molecule is CC[C@@]1(C)Cc2nc(N)c(C#N)cc2CO1. The molecule has 0 saturated heterocycles. The predicted octanol–water partition coefficient (Wildman–Crippen LogP) is 1.78. The van der Waals surface area contributed by atoms with Gasteiger partial charge in [-0.1, -0.05) is 6.92 Å². The van der Waals surface area contributed by atoms with E-state index in [0.717, 1.165) is 24.1 Å². The van der Waals surface area contributed by atoms with Crippen molar-refractivity contribution in [2.75, 3.05) is 5.73 Å². The Morgan fingerprint density at radius 3 is 3.06 bits per heavy atom. The van der Waals surface area contributed by atoms with Crippen LogP contribution < -0.4 is 5.73 Å². The van der Waals surface area contributed by atoms with Gasteiger partial charge in [-0.25, -0.2) is 4.98 Å². The first-order valence-corrected chi connectivity index (χ1v) is 5.40. The van der Waals surface area contributed by atoms with Gasteiger partial charge in [0.2, 0.25) is 0 Å². The van der Waals surface area contributed by atoms with E-state index in [1.165, 1.54) is 0 Å². The molecule has 16 heavy (non-hydrogen) atoms. The summed E-state index contributed by atoms with van der Waals surface area (Å²) < 4.78 is 5.79. The highest BCUT2D eigenvalue weighted by atomic mass is 16.5. The first kappa shape index (κ1) is 10.9. The molecular formula is C12H15N3O. The Morgan fingerprint density at radius 2 is 2.44 bits per heavy atom. The lowest BCUT2D eigenvalue weighted by Crippen LogP contribution is -2.35. The van der Waals surface area contributed by atoms with Crippen molar-refractivity contribution in [3.63, 3.8) is 0 Å². The number of fused-ring (bicyclic) bond motifs is 1. The number of aromatic nitrogens is 1. The van der Waals surface area contributed by atoms with E-state index >= 15 is 0 Å². The van der Waals surface area contributed by atoms with Crippen LogP contribution in [0.1, 0.15) is 37.1 Å². The van der Waals surface area contributed by atoms with Crippen LogP contribution in [-0.2, 0) is 17.8 Å². The maximum Gasteiger partial charge on any atom is 0.141 e. The third kappa shape index (κ3) is 1.74. The molecule has 4 nitrogen and oxygen atoms in total. The van der Waals surface area contributed by atoms with Crippen LogP contribution >= 0.6 is 0 Å². The second-order valence-electron chi connectivity index (χ2n) is 4.41. The van der Waals surface area contributed by atoms with Crippen molar-refractivity contribution in [3.05, 3.63) is 22.9 Å². The molecule has 1 aliphatic heterocycles. The molecule has 0 saturated carbocycles. The van der Waals surface area contributed by atoms with E-state index in [2.05, 4.69) is 18.8 Å². The zero-order chi connectivity index (χ0) is 11.8. The monoisotopic (exact) mass is 217 g/mol. The second kappa shape index (κ2) is 3.76. The minimum atomic E-state index is -0.152. The van der Waals surface area contributed by atoms with Crippen LogP contribution in [0.15, 0.2) is 6.07 Å². The summed E-state index contributed by atoms with van der Waals surface area (Å²) in [5.41, 5.74) is 7.94. The van der Waals surface area contributed by atoms with Gasteiger partial charge in [-0.05, 0) is 19.4 Å². The summed E-state index contributed by atoms with van der Waals surface area (Å²) in [5.74, 6) is 0.321. The smallest absolute Gasteiger partial charge is 0.141 e. The van der Waals surface area contributed by atoms with Crippen LogP contribution in [0.3, 0.4) is 0 Å². The summed E-state index contributed by atoms with van der Waals surface area (Å²) >= 11 is 0. The van der Waals surface area contributed by atoms with Crippen molar-refractivity contribution in [1.29, 1.82) is 5.26 Å². The molecule has 84 valence electrons. The van der Waals surface area contributed by atoms with Crippen molar-refractivity contribution in [2.24, 2.45) is 0 Å². The van der Waals surface area contributed by atoms with E-state index < -0.39 is 0 Å². The maximum absolute atomic E-state index is 8.86. The number of anilines is 1. The molecule has 1 aliphatic rings. The molecule has 2 N–H and O–H groups in total. The highest BCUT2D eigenvalue weighted by molar-refractivity contribution is 5.51. The topological polar surface area (TPSA) is 71.9 Å². The number of hydrogen-bond donors (Lipinski definition) is 1. The van der Waals surface area contributed by atoms with Crippen molar-refractivity contribution in [2.45, 2.75) is 38.9 Å². The van der Waals surface area contributed by atoms with Gasteiger partial charge < -0.3 is 10.5 Å². The van der Waals surface area contributed by atoms with Gasteiger partial charge in [0.05, 0.1) is 23.5 Å². The third-order valence-corrected chi connectivity index (χ3v) is 3.21. The summed E-state index contributed by atoms with van der Waals surface area (Å²) in [5, 5.41) is 8.86. The number of pyridine rings is 1. The zero-order valence-corrected chi connectivity index (χ0v) is 9.58. The van der Waals surface area contributed by atoms with Crippen molar-refractivity contribution >= 4 is 5.82 Å². The quantitative estimate of drug-likeness (QED) is 0.778. The van der Waals surface area contributed by atoms with Crippen LogP contribution in [0.4, 0.5) is 5.82 Å². The van der Waals surface area contributed by atoms with Gasteiger partial charge in [0, 0.05) is 12.0 Å². The highest BCUT2D eigenvalue weighted by Crippen LogP contribution is 2.30. The number of nitrogens with zero attached hydrogens (tertiary/aromatic N) is 2. The molecule has 4 heteroatoms. The Balaban J connectivity index is 2.41. The predicted molar refractivity (Wildman–Crippen MR) is 60.6 cm³/mol. The van der Waals surface area contributed by atoms with Crippen LogP contribution in [0.5, 0.6) is 0 Å². The van der Waals surface area contributed by atoms with E-state index in [0.29, 0.717) is 18.0 Å². The van der Waals surface area contributed by atoms with E-state index in [1.807, 2.05) is 6.07 Å². The summed E-state index contributed by atoms with van der Waals surface area (Å²) in [6.07, 6.45) is 1.70. The Hall–Kier alpha value is -1.60. The van der Waals surface area contributed by atoms with Gasteiger partial charge in [0.1, 0.15) is 11.9 Å². The molecule has 1 atom stereocenters. The molecule has 0 unspecified atom stereocenters. The molecule has 0 aliphatic carbocycles. The van der Waals surface area contributed by atoms with Gasteiger partial charge in [-0.3, -0.25) is 0 Å². The summed E-state index contributed by atoms with van der Waals surface area (Å²) in [4.78, 5) is 4.30. The van der Waals surface area contributed by atoms with E-state index in [-0.39, 0.29) is 5.60 Å². The lowest BCUT2D eigenvalue weighted by molar-refractivity contribution is -0.0574. The number of rotatable bonds is 1. The zero-order valence-electron chi connectivity index (χ0n) is 9.58. The Bertz CT molecular complexity index is 464. The fourth-order valence-electron chi connectivity index (χ4n) is 1.86. The fourth-order valence-corrected chi connectivity index (χ4v) is 1.86. The van der Waals surface area contributed by atoms with Gasteiger partial charge in [-0.15, -0.1) is 0 Å². The largest absolute Gasteiger partial charge is 0.383 e. The lowest BCUT2D eigenvalue weighted by Gasteiger charge is -2.33. The van der Waals surface area contributed by atoms with E-state index in [4.69, 9.17) is 15.7 Å². The molecule has 1 aromatic rings. The van der Waals surface area contributed by atoms with Gasteiger partial charge in [-0.2, -0.15) is 5.26 Å². The molecule has 2 rings (SSSR count). The van der Waals surface area contributed by atoms with Crippen LogP contribution in [0, 0.1) is 11.3 Å². The summed E-state index contributed by atoms with van der Waals surface area (Å²) in [7, 11) is 0. The number of hydrogen-bond acceptors (Lipinski definition) is 4. The molecule has 0 aromatic carbocycles. The van der Waals surface area contributed by atoms with Crippen molar-refractivity contribution in [1.82, 2.24) is 4.98 Å². The Morgan fingerprint density at radius 1 is 1.69 bits per heavy atom. The number of ether oxygens (including phenoxy) is 1. The van der Waals surface area contributed by atoms with Crippen LogP contribution in [0.25, 0.3) is 0 Å².